The molecule has 0 bridgehead atoms. The van der Waals surface area contributed by atoms with Gasteiger partial charge in [-0.1, -0.05) is 32.0 Å². The van der Waals surface area contributed by atoms with E-state index in [2.05, 4.69) is 25.9 Å². The molecule has 2 aromatic carbocycles. The molecule has 1 saturated heterocycles. The van der Waals surface area contributed by atoms with Crippen LogP contribution < -0.4 is 20.7 Å². The third-order valence-corrected chi connectivity index (χ3v) is 4.19. The van der Waals surface area contributed by atoms with E-state index in [4.69, 9.17) is 4.74 Å². The molecule has 0 radical (unpaired) electrons. The molecule has 1 aliphatic rings. The fraction of sp³-hybridized carbons (Fsp3) is 0.273. The maximum absolute atomic E-state index is 5.81. The van der Waals surface area contributed by atoms with Crippen molar-refractivity contribution in [3.8, 4) is 11.5 Å². The Balaban J connectivity index is 0.00000109. The first kappa shape index (κ1) is 19.6. The van der Waals surface area contributed by atoms with E-state index >= 15 is 0 Å². The Bertz CT molecular complexity index is 833. The smallest absolute Gasteiger partial charge is 0.135 e. The Morgan fingerprint density at radius 3 is 2.36 bits per heavy atom. The van der Waals surface area contributed by atoms with E-state index < -0.39 is 0 Å². The summed E-state index contributed by atoms with van der Waals surface area (Å²) in [5.41, 5.74) is 0.942. The minimum absolute atomic E-state index is 0.423. The van der Waals surface area contributed by atoms with Crippen molar-refractivity contribution >= 4 is 17.3 Å². The van der Waals surface area contributed by atoms with Crippen molar-refractivity contribution in [2.24, 2.45) is 0 Å². The molecule has 3 N–H and O–H groups in total. The number of anilines is 3. The van der Waals surface area contributed by atoms with Crippen LogP contribution in [0.3, 0.4) is 0 Å². The number of ether oxygens (including phenoxy) is 1. The van der Waals surface area contributed by atoms with Gasteiger partial charge in [-0.15, -0.1) is 0 Å². The van der Waals surface area contributed by atoms with Crippen molar-refractivity contribution in [2.45, 2.75) is 26.3 Å². The van der Waals surface area contributed by atoms with Crippen LogP contribution in [0.1, 0.15) is 20.3 Å². The summed E-state index contributed by atoms with van der Waals surface area (Å²) in [6, 6.07) is 19.9. The van der Waals surface area contributed by atoms with Crippen molar-refractivity contribution in [3.05, 3.63) is 67.0 Å². The highest BCUT2D eigenvalue weighted by molar-refractivity contribution is 5.59. The second-order valence-electron chi connectivity index (χ2n) is 6.19. The number of nitrogens with one attached hydrogen (secondary N) is 3. The predicted molar refractivity (Wildman–Crippen MR) is 115 cm³/mol. The van der Waals surface area contributed by atoms with Gasteiger partial charge in [0.15, 0.2) is 0 Å². The van der Waals surface area contributed by atoms with E-state index in [9.17, 15) is 0 Å². The second-order valence-corrected chi connectivity index (χ2v) is 6.19. The van der Waals surface area contributed by atoms with E-state index in [-0.39, 0.29) is 0 Å². The van der Waals surface area contributed by atoms with Gasteiger partial charge in [0.05, 0.1) is 0 Å². The van der Waals surface area contributed by atoms with Gasteiger partial charge in [-0.25, -0.2) is 9.97 Å². The SMILES string of the molecule is CC.c1ccc(Oc2ccc(Nc3cc(NC4CCNC4)ncn3)cc2)cc1. The van der Waals surface area contributed by atoms with Gasteiger partial charge in [0, 0.05) is 24.3 Å². The van der Waals surface area contributed by atoms with Crippen LogP contribution in [0.2, 0.25) is 0 Å². The summed E-state index contributed by atoms with van der Waals surface area (Å²) in [6.45, 7) is 6.01. The molecular weight excluding hydrogens is 350 g/mol. The number of aromatic nitrogens is 2. The van der Waals surface area contributed by atoms with Gasteiger partial charge in [-0.05, 0) is 49.4 Å². The topological polar surface area (TPSA) is 71.1 Å². The zero-order valence-corrected chi connectivity index (χ0v) is 16.4. The third kappa shape index (κ3) is 5.69. The van der Waals surface area contributed by atoms with Crippen molar-refractivity contribution in [3.63, 3.8) is 0 Å². The number of hydrogen-bond donors (Lipinski definition) is 3. The average molecular weight is 377 g/mol. The van der Waals surface area contributed by atoms with E-state index in [1.54, 1.807) is 6.33 Å². The van der Waals surface area contributed by atoms with E-state index in [0.29, 0.717) is 6.04 Å². The summed E-state index contributed by atoms with van der Waals surface area (Å²) < 4.78 is 5.81. The molecule has 0 spiro atoms. The monoisotopic (exact) mass is 377 g/mol. The first-order chi connectivity index (χ1) is 13.8. The predicted octanol–water partition coefficient (Wildman–Crippen LogP) is 4.81. The summed E-state index contributed by atoms with van der Waals surface area (Å²) in [4.78, 5) is 8.59. The fourth-order valence-electron chi connectivity index (χ4n) is 2.87. The molecule has 1 aliphatic heterocycles. The van der Waals surface area contributed by atoms with Gasteiger partial charge >= 0.3 is 0 Å². The molecular formula is C22H27N5O. The van der Waals surface area contributed by atoms with Crippen LogP contribution in [-0.4, -0.2) is 29.1 Å². The van der Waals surface area contributed by atoms with Crippen molar-refractivity contribution in [1.82, 2.24) is 15.3 Å². The van der Waals surface area contributed by atoms with Crippen molar-refractivity contribution in [1.29, 1.82) is 0 Å². The van der Waals surface area contributed by atoms with Crippen molar-refractivity contribution < 1.29 is 4.74 Å². The van der Waals surface area contributed by atoms with Gasteiger partial charge < -0.3 is 20.7 Å². The number of rotatable bonds is 6. The Kier molecular flexibility index (Phi) is 7.21. The number of nitrogens with zero attached hydrogens (tertiary/aromatic N) is 2. The molecule has 1 aromatic heterocycles. The Labute approximate surface area is 166 Å². The molecule has 28 heavy (non-hydrogen) atoms. The molecule has 6 heteroatoms. The molecule has 0 aliphatic carbocycles. The lowest BCUT2D eigenvalue weighted by molar-refractivity contribution is 0.483. The minimum Gasteiger partial charge on any atom is -0.457 e. The lowest BCUT2D eigenvalue weighted by atomic mass is 10.2. The first-order valence-corrected chi connectivity index (χ1v) is 9.74. The minimum atomic E-state index is 0.423. The highest BCUT2D eigenvalue weighted by atomic mass is 16.5. The van der Waals surface area contributed by atoms with Crippen LogP contribution in [0, 0.1) is 0 Å². The van der Waals surface area contributed by atoms with Crippen LogP contribution in [0.5, 0.6) is 11.5 Å². The van der Waals surface area contributed by atoms with Gasteiger partial charge in [-0.2, -0.15) is 0 Å². The average Bonchev–Trinajstić information content (AvgIpc) is 3.25. The Hall–Kier alpha value is -3.12. The van der Waals surface area contributed by atoms with Crippen LogP contribution in [0.25, 0.3) is 0 Å². The molecule has 0 amide bonds. The van der Waals surface area contributed by atoms with Crippen LogP contribution in [0.15, 0.2) is 67.0 Å². The maximum Gasteiger partial charge on any atom is 0.135 e. The lowest BCUT2D eigenvalue weighted by Gasteiger charge is -2.13. The van der Waals surface area contributed by atoms with Gasteiger partial charge in [0.25, 0.3) is 0 Å². The van der Waals surface area contributed by atoms with E-state index in [1.165, 1.54) is 0 Å². The molecule has 4 rings (SSSR count). The Morgan fingerprint density at radius 1 is 0.929 bits per heavy atom. The molecule has 0 saturated carbocycles. The molecule has 1 fully saturated rings. The largest absolute Gasteiger partial charge is 0.457 e. The standard InChI is InChI=1S/C20H21N5O.C2H6/c1-2-4-17(5-3-1)26-18-8-6-15(7-9-18)24-19-12-20(23-14-22-19)25-16-10-11-21-13-16;1-2/h1-9,12,14,16,21H,10-11,13H2,(H2,22,23,24,25);1-2H3. The quantitative estimate of drug-likeness (QED) is 0.572. The summed E-state index contributed by atoms with van der Waals surface area (Å²) in [5.74, 6) is 3.20. The third-order valence-electron chi connectivity index (χ3n) is 4.19. The number of benzene rings is 2. The summed E-state index contributed by atoms with van der Waals surface area (Å²) in [7, 11) is 0. The first-order valence-electron chi connectivity index (χ1n) is 9.74. The molecule has 146 valence electrons. The fourth-order valence-corrected chi connectivity index (χ4v) is 2.87. The van der Waals surface area contributed by atoms with Gasteiger partial charge in [-0.3, -0.25) is 0 Å². The summed E-state index contributed by atoms with van der Waals surface area (Å²) in [5, 5.41) is 10.1. The van der Waals surface area contributed by atoms with Crippen LogP contribution >= 0.6 is 0 Å². The van der Waals surface area contributed by atoms with E-state index in [1.807, 2.05) is 74.5 Å². The summed E-state index contributed by atoms with van der Waals surface area (Å²) in [6.07, 6.45) is 2.68. The Morgan fingerprint density at radius 2 is 1.64 bits per heavy atom. The van der Waals surface area contributed by atoms with Gasteiger partial charge in [0.1, 0.15) is 29.5 Å². The highest BCUT2D eigenvalue weighted by Crippen LogP contribution is 2.24. The van der Waals surface area contributed by atoms with Crippen molar-refractivity contribution in [2.75, 3.05) is 23.7 Å². The molecule has 6 nitrogen and oxygen atoms in total. The molecule has 1 atom stereocenters. The zero-order chi connectivity index (χ0) is 19.6. The highest BCUT2D eigenvalue weighted by Gasteiger charge is 2.14. The van der Waals surface area contributed by atoms with Gasteiger partial charge in [0.2, 0.25) is 0 Å². The maximum atomic E-state index is 5.81. The molecule has 3 aromatic rings. The molecule has 2 heterocycles. The second kappa shape index (κ2) is 10.3. The normalized spacial score (nSPS) is 15.3. The summed E-state index contributed by atoms with van der Waals surface area (Å²) >= 11 is 0. The zero-order valence-electron chi connectivity index (χ0n) is 16.4. The molecule has 1 unspecified atom stereocenters. The lowest BCUT2D eigenvalue weighted by Crippen LogP contribution is -2.22. The van der Waals surface area contributed by atoms with Crippen LogP contribution in [0.4, 0.5) is 17.3 Å². The van der Waals surface area contributed by atoms with E-state index in [0.717, 1.165) is 48.3 Å². The number of hydrogen-bond acceptors (Lipinski definition) is 6. The van der Waals surface area contributed by atoms with Crippen LogP contribution in [-0.2, 0) is 0 Å². The number of para-hydroxylation sites is 1.